The highest BCUT2D eigenvalue weighted by Crippen LogP contribution is 2.33. The normalized spacial score (nSPS) is 17.1. The number of carbonyl (C=O) groups excluding carboxylic acids is 1. The molecule has 0 aliphatic carbocycles. The number of nitrogens with one attached hydrogen (secondary N) is 1. The molecule has 1 saturated heterocycles. The SMILES string of the molecule is Cc1cccc(NC(=O)CN2CC(C(F)(F)F)C2)c1. The van der Waals surface area contributed by atoms with E-state index in [2.05, 4.69) is 5.32 Å². The number of nitrogens with zero attached hydrogens (tertiary/aromatic N) is 1. The minimum atomic E-state index is -4.15. The van der Waals surface area contributed by atoms with Gasteiger partial charge in [-0.2, -0.15) is 13.2 Å². The quantitative estimate of drug-likeness (QED) is 0.916. The molecule has 19 heavy (non-hydrogen) atoms. The van der Waals surface area contributed by atoms with Gasteiger partial charge in [0.2, 0.25) is 5.91 Å². The zero-order chi connectivity index (χ0) is 14.0. The third-order valence-corrected chi connectivity index (χ3v) is 3.09. The molecule has 0 radical (unpaired) electrons. The van der Waals surface area contributed by atoms with Crippen molar-refractivity contribution in [3.8, 4) is 0 Å². The highest BCUT2D eigenvalue weighted by molar-refractivity contribution is 5.92. The summed E-state index contributed by atoms with van der Waals surface area (Å²) >= 11 is 0. The van der Waals surface area contributed by atoms with Crippen LogP contribution in [0.5, 0.6) is 0 Å². The van der Waals surface area contributed by atoms with Gasteiger partial charge in [-0.3, -0.25) is 9.69 Å². The molecule has 2 rings (SSSR count). The van der Waals surface area contributed by atoms with Crippen LogP contribution in [0.15, 0.2) is 24.3 Å². The van der Waals surface area contributed by atoms with Crippen molar-refractivity contribution in [1.29, 1.82) is 0 Å². The molecule has 1 heterocycles. The van der Waals surface area contributed by atoms with Gasteiger partial charge in [-0.05, 0) is 24.6 Å². The summed E-state index contributed by atoms with van der Waals surface area (Å²) in [4.78, 5) is 13.1. The first kappa shape index (κ1) is 13.9. The molecule has 0 aromatic heterocycles. The topological polar surface area (TPSA) is 32.3 Å². The Morgan fingerprint density at radius 3 is 2.68 bits per heavy atom. The maximum Gasteiger partial charge on any atom is 0.394 e. The van der Waals surface area contributed by atoms with E-state index in [0.29, 0.717) is 5.69 Å². The fourth-order valence-electron chi connectivity index (χ4n) is 2.03. The van der Waals surface area contributed by atoms with Crippen molar-refractivity contribution in [2.24, 2.45) is 5.92 Å². The van der Waals surface area contributed by atoms with Crippen molar-refractivity contribution in [2.75, 3.05) is 25.0 Å². The number of aryl methyl sites for hydroxylation is 1. The molecule has 0 unspecified atom stereocenters. The summed E-state index contributed by atoms with van der Waals surface area (Å²) in [5, 5.41) is 2.67. The second kappa shape index (κ2) is 5.21. The number of halogens is 3. The number of benzene rings is 1. The molecule has 104 valence electrons. The largest absolute Gasteiger partial charge is 0.394 e. The van der Waals surface area contributed by atoms with Gasteiger partial charge in [0.25, 0.3) is 0 Å². The second-order valence-corrected chi connectivity index (χ2v) is 4.85. The van der Waals surface area contributed by atoms with Gasteiger partial charge in [-0.1, -0.05) is 12.1 Å². The molecule has 1 aromatic rings. The highest BCUT2D eigenvalue weighted by atomic mass is 19.4. The van der Waals surface area contributed by atoms with Crippen molar-refractivity contribution in [3.63, 3.8) is 0 Å². The second-order valence-electron chi connectivity index (χ2n) is 4.85. The molecule has 3 nitrogen and oxygen atoms in total. The van der Waals surface area contributed by atoms with Crippen LogP contribution in [-0.2, 0) is 4.79 Å². The first-order valence-electron chi connectivity index (χ1n) is 6.00. The lowest BCUT2D eigenvalue weighted by Gasteiger charge is -2.39. The van der Waals surface area contributed by atoms with Crippen LogP contribution in [0.3, 0.4) is 0 Å². The number of alkyl halides is 3. The first-order chi connectivity index (χ1) is 8.84. The van der Waals surface area contributed by atoms with Gasteiger partial charge in [0.15, 0.2) is 0 Å². The predicted octanol–water partition coefficient (Wildman–Crippen LogP) is 2.43. The number of hydrogen-bond acceptors (Lipinski definition) is 2. The molecule has 1 aliphatic rings. The van der Waals surface area contributed by atoms with Crippen molar-refractivity contribution in [2.45, 2.75) is 13.1 Å². The highest BCUT2D eigenvalue weighted by Gasteiger charge is 2.47. The average Bonchev–Trinajstić information content (AvgIpc) is 2.21. The summed E-state index contributed by atoms with van der Waals surface area (Å²) in [5.41, 5.74) is 1.68. The summed E-state index contributed by atoms with van der Waals surface area (Å²) in [6, 6.07) is 7.28. The van der Waals surface area contributed by atoms with Gasteiger partial charge in [0.1, 0.15) is 0 Å². The number of rotatable bonds is 3. The lowest BCUT2D eigenvalue weighted by molar-refractivity contribution is -0.208. The molecule has 0 atom stereocenters. The molecule has 0 spiro atoms. The van der Waals surface area contributed by atoms with E-state index in [0.717, 1.165) is 5.56 Å². The summed E-state index contributed by atoms with van der Waals surface area (Å²) in [6.07, 6.45) is -4.15. The van der Waals surface area contributed by atoms with Gasteiger partial charge < -0.3 is 5.32 Å². The summed E-state index contributed by atoms with van der Waals surface area (Å²) in [7, 11) is 0. The first-order valence-corrected chi connectivity index (χ1v) is 6.00. The summed E-state index contributed by atoms with van der Waals surface area (Å²) in [5.74, 6) is -1.58. The molecule has 1 aromatic carbocycles. The molecule has 0 saturated carbocycles. The third kappa shape index (κ3) is 3.70. The van der Waals surface area contributed by atoms with Crippen molar-refractivity contribution < 1.29 is 18.0 Å². The molecule has 1 N–H and O–H groups in total. The zero-order valence-corrected chi connectivity index (χ0v) is 10.5. The van der Waals surface area contributed by atoms with Gasteiger partial charge in [-0.15, -0.1) is 0 Å². The fraction of sp³-hybridized carbons (Fsp3) is 0.462. The molecule has 6 heteroatoms. The van der Waals surface area contributed by atoms with Crippen molar-refractivity contribution >= 4 is 11.6 Å². The summed E-state index contributed by atoms with van der Waals surface area (Å²) < 4.78 is 36.8. The maximum absolute atomic E-state index is 12.3. The van der Waals surface area contributed by atoms with Gasteiger partial charge in [-0.25, -0.2) is 0 Å². The lowest BCUT2D eigenvalue weighted by atomic mass is 10.00. The lowest BCUT2D eigenvalue weighted by Crippen LogP contribution is -2.55. The summed E-state index contributed by atoms with van der Waals surface area (Å²) in [6.45, 7) is 1.72. The predicted molar refractivity (Wildman–Crippen MR) is 65.8 cm³/mol. The maximum atomic E-state index is 12.3. The fourth-order valence-corrected chi connectivity index (χ4v) is 2.03. The van der Waals surface area contributed by atoms with E-state index < -0.39 is 12.1 Å². The van der Waals surface area contributed by atoms with Gasteiger partial charge in [0.05, 0.1) is 12.5 Å². The van der Waals surface area contributed by atoms with E-state index in [1.807, 2.05) is 25.1 Å². The Morgan fingerprint density at radius 1 is 1.42 bits per heavy atom. The Labute approximate surface area is 109 Å². The molecular formula is C13H15F3N2O. The molecular weight excluding hydrogens is 257 g/mol. The van der Waals surface area contributed by atoms with E-state index in [-0.39, 0.29) is 25.5 Å². The molecule has 1 fully saturated rings. The van der Waals surface area contributed by atoms with Crippen LogP contribution in [-0.4, -0.2) is 36.6 Å². The number of amides is 1. The van der Waals surface area contributed by atoms with E-state index in [1.165, 1.54) is 4.90 Å². The Kier molecular flexibility index (Phi) is 3.80. The van der Waals surface area contributed by atoms with E-state index >= 15 is 0 Å². The molecule has 1 amide bonds. The van der Waals surface area contributed by atoms with Crippen LogP contribution < -0.4 is 5.32 Å². The number of anilines is 1. The van der Waals surface area contributed by atoms with Gasteiger partial charge in [0, 0.05) is 18.8 Å². The van der Waals surface area contributed by atoms with Gasteiger partial charge >= 0.3 is 6.18 Å². The van der Waals surface area contributed by atoms with Crippen LogP contribution in [0.4, 0.5) is 18.9 Å². The van der Waals surface area contributed by atoms with Crippen molar-refractivity contribution in [3.05, 3.63) is 29.8 Å². The molecule has 1 aliphatic heterocycles. The average molecular weight is 272 g/mol. The minimum absolute atomic E-state index is 0.000518. The van der Waals surface area contributed by atoms with Crippen molar-refractivity contribution in [1.82, 2.24) is 4.90 Å². The van der Waals surface area contributed by atoms with Crippen LogP contribution in [0, 0.1) is 12.8 Å². The monoisotopic (exact) mass is 272 g/mol. The van der Waals surface area contributed by atoms with E-state index in [9.17, 15) is 18.0 Å². The van der Waals surface area contributed by atoms with E-state index in [4.69, 9.17) is 0 Å². The zero-order valence-electron chi connectivity index (χ0n) is 10.5. The Bertz CT molecular complexity index is 467. The smallest absolute Gasteiger partial charge is 0.325 e. The Balaban J connectivity index is 1.78. The van der Waals surface area contributed by atoms with E-state index in [1.54, 1.807) is 6.07 Å². The van der Waals surface area contributed by atoms with Crippen LogP contribution >= 0.6 is 0 Å². The van der Waals surface area contributed by atoms with Crippen LogP contribution in [0.25, 0.3) is 0 Å². The Morgan fingerprint density at radius 2 is 2.11 bits per heavy atom. The minimum Gasteiger partial charge on any atom is -0.325 e. The van der Waals surface area contributed by atoms with Crippen LogP contribution in [0.2, 0.25) is 0 Å². The number of hydrogen-bond donors (Lipinski definition) is 1. The third-order valence-electron chi connectivity index (χ3n) is 3.09. The Hall–Kier alpha value is -1.56. The number of likely N-dealkylation sites (tertiary alicyclic amines) is 1. The van der Waals surface area contributed by atoms with Crippen LogP contribution in [0.1, 0.15) is 5.56 Å². The standard InChI is InChI=1S/C13H15F3N2O/c1-9-3-2-4-11(5-9)17-12(19)8-18-6-10(7-18)13(14,15)16/h2-5,10H,6-8H2,1H3,(H,17,19). The molecule has 0 bridgehead atoms. The number of carbonyl (C=O) groups is 1.